The number of carbonyl (C=O) groups excluding carboxylic acids is 1. The van der Waals surface area contributed by atoms with Crippen LogP contribution in [0.2, 0.25) is 0 Å². The molecule has 4 aromatic rings. The number of nitrogens with zero attached hydrogens (tertiary/aromatic N) is 5. The molecule has 1 aliphatic heterocycles. The van der Waals surface area contributed by atoms with Crippen molar-refractivity contribution in [1.82, 2.24) is 23.9 Å². The fourth-order valence-electron chi connectivity index (χ4n) is 4.23. The number of carbonyl (C=O) groups is 1. The van der Waals surface area contributed by atoms with Crippen LogP contribution in [-0.4, -0.2) is 29.7 Å². The molecule has 176 valence electrons. The molecule has 5 rings (SSSR count). The second kappa shape index (κ2) is 9.02. The molecule has 0 aliphatic carbocycles. The summed E-state index contributed by atoms with van der Waals surface area (Å²) in [6.07, 6.45) is 7.61. The van der Waals surface area contributed by atoms with E-state index in [2.05, 4.69) is 10.3 Å². The number of rotatable bonds is 6. The number of allylic oxidation sites excluding steroid dienone is 1. The minimum Gasteiger partial charge on any atom is -0.338 e. The summed E-state index contributed by atoms with van der Waals surface area (Å²) in [5.74, 6) is -0.200. The van der Waals surface area contributed by atoms with Crippen LogP contribution in [0, 0.1) is 0 Å². The van der Waals surface area contributed by atoms with Crippen LogP contribution in [0.25, 0.3) is 17.3 Å². The first-order valence-electron chi connectivity index (χ1n) is 11.4. The average molecular weight is 469 g/mol. The fourth-order valence-corrected chi connectivity index (χ4v) is 4.23. The van der Waals surface area contributed by atoms with E-state index in [1.807, 2.05) is 60.3 Å². The maximum Gasteiger partial charge on any atom is 0.332 e. The molecule has 0 radical (unpaired) electrons. The van der Waals surface area contributed by atoms with Crippen LogP contribution in [0.4, 0.5) is 5.82 Å². The number of hydrogen-bond donors (Lipinski definition) is 1. The van der Waals surface area contributed by atoms with Gasteiger partial charge in [-0.05, 0) is 30.2 Å². The van der Waals surface area contributed by atoms with Crippen LogP contribution in [0.5, 0.6) is 0 Å². The first-order chi connectivity index (χ1) is 17.0. The van der Waals surface area contributed by atoms with E-state index in [1.165, 1.54) is 11.6 Å². The first kappa shape index (κ1) is 22.3. The average Bonchev–Trinajstić information content (AvgIpc) is 3.42. The Morgan fingerprint density at radius 1 is 1.06 bits per heavy atom. The maximum absolute atomic E-state index is 13.3. The van der Waals surface area contributed by atoms with Crippen LogP contribution in [0.15, 0.2) is 76.3 Å². The molecular formula is C26H24N6O3. The number of hydrogen-bond acceptors (Lipinski definition) is 6. The Kier molecular flexibility index (Phi) is 5.74. The van der Waals surface area contributed by atoms with Crippen LogP contribution < -0.4 is 16.6 Å². The highest BCUT2D eigenvalue weighted by atomic mass is 16.2. The van der Waals surface area contributed by atoms with Crippen molar-refractivity contribution < 1.29 is 4.79 Å². The fraction of sp³-hybridized carbons (Fsp3) is 0.192. The summed E-state index contributed by atoms with van der Waals surface area (Å²) in [5, 5.41) is 7.80. The number of ketones is 1. The summed E-state index contributed by atoms with van der Waals surface area (Å²) in [4.78, 5) is 42.9. The molecule has 9 heteroatoms. The molecule has 0 spiro atoms. The Morgan fingerprint density at radius 3 is 2.57 bits per heavy atom. The second-order valence-corrected chi connectivity index (χ2v) is 8.39. The minimum absolute atomic E-state index is 0.0218. The number of benzene rings is 1. The summed E-state index contributed by atoms with van der Waals surface area (Å²) in [5.41, 5.74) is 2.37. The molecule has 3 aromatic heterocycles. The molecule has 0 amide bonds. The van der Waals surface area contributed by atoms with E-state index in [0.717, 1.165) is 15.7 Å². The van der Waals surface area contributed by atoms with Crippen LogP contribution in [-0.2, 0) is 20.1 Å². The Balaban J connectivity index is 1.61. The molecule has 1 aromatic carbocycles. The third kappa shape index (κ3) is 4.01. The van der Waals surface area contributed by atoms with Gasteiger partial charge < -0.3 is 5.32 Å². The Labute approximate surface area is 201 Å². The maximum atomic E-state index is 13.3. The summed E-state index contributed by atoms with van der Waals surface area (Å²) in [7, 11) is 1.39. The number of aromatic nitrogens is 5. The van der Waals surface area contributed by atoms with Gasteiger partial charge in [0, 0.05) is 43.3 Å². The van der Waals surface area contributed by atoms with Gasteiger partial charge in [0.05, 0.1) is 12.2 Å². The van der Waals surface area contributed by atoms with Gasteiger partial charge in [-0.3, -0.25) is 28.4 Å². The standard InChI is InChI=1S/C26H24N6O3/c1-3-12-32-24-21(25(34)30(2)26(32)35)23(33)20(28-24)13-19-16-31(15-17-8-5-4-6-9-17)29-22(19)18-10-7-11-27-14-18/h4-11,13-14,16,28H,3,12,15H2,1-2H3/b20-13-. The van der Waals surface area contributed by atoms with Gasteiger partial charge in [0.25, 0.3) is 5.56 Å². The van der Waals surface area contributed by atoms with Crippen LogP contribution in [0.1, 0.15) is 34.8 Å². The van der Waals surface area contributed by atoms with Crippen molar-refractivity contribution in [2.24, 2.45) is 7.05 Å². The molecule has 0 saturated heterocycles. The van der Waals surface area contributed by atoms with Crippen molar-refractivity contribution >= 4 is 17.7 Å². The van der Waals surface area contributed by atoms with Crippen LogP contribution >= 0.6 is 0 Å². The van der Waals surface area contributed by atoms with E-state index in [-0.39, 0.29) is 17.1 Å². The summed E-state index contributed by atoms with van der Waals surface area (Å²) < 4.78 is 4.23. The summed E-state index contributed by atoms with van der Waals surface area (Å²) in [6, 6.07) is 13.7. The molecule has 4 heterocycles. The molecule has 0 saturated carbocycles. The van der Waals surface area contributed by atoms with Crippen molar-refractivity contribution in [3.8, 4) is 11.3 Å². The number of anilines is 1. The van der Waals surface area contributed by atoms with Crippen molar-refractivity contribution in [2.45, 2.75) is 26.4 Å². The predicted octanol–water partition coefficient (Wildman–Crippen LogP) is 2.91. The topological polar surface area (TPSA) is 104 Å². The lowest BCUT2D eigenvalue weighted by Gasteiger charge is -2.11. The molecule has 0 fully saturated rings. The monoisotopic (exact) mass is 468 g/mol. The van der Waals surface area contributed by atoms with Crippen molar-refractivity contribution in [3.63, 3.8) is 0 Å². The zero-order valence-corrected chi connectivity index (χ0v) is 19.4. The third-order valence-corrected chi connectivity index (χ3v) is 5.93. The lowest BCUT2D eigenvalue weighted by Crippen LogP contribution is -2.40. The Hall–Kier alpha value is -4.53. The smallest absolute Gasteiger partial charge is 0.332 e. The largest absolute Gasteiger partial charge is 0.338 e. The van der Waals surface area contributed by atoms with Gasteiger partial charge in [-0.25, -0.2) is 4.79 Å². The summed E-state index contributed by atoms with van der Waals surface area (Å²) in [6.45, 7) is 2.87. The van der Waals surface area contributed by atoms with Gasteiger partial charge >= 0.3 is 5.69 Å². The zero-order chi connectivity index (χ0) is 24.5. The van der Waals surface area contributed by atoms with Crippen LogP contribution in [0.3, 0.4) is 0 Å². The van der Waals surface area contributed by atoms with E-state index >= 15 is 0 Å². The van der Waals surface area contributed by atoms with E-state index in [1.54, 1.807) is 18.5 Å². The number of fused-ring (bicyclic) bond motifs is 1. The van der Waals surface area contributed by atoms with Gasteiger partial charge in [0.1, 0.15) is 17.1 Å². The quantitative estimate of drug-likeness (QED) is 0.437. The molecule has 0 bridgehead atoms. The highest BCUT2D eigenvalue weighted by Gasteiger charge is 2.32. The minimum atomic E-state index is -0.606. The van der Waals surface area contributed by atoms with Crippen molar-refractivity contribution in [2.75, 3.05) is 5.32 Å². The number of pyridine rings is 1. The van der Waals surface area contributed by atoms with E-state index < -0.39 is 17.0 Å². The summed E-state index contributed by atoms with van der Waals surface area (Å²) >= 11 is 0. The van der Waals surface area contributed by atoms with E-state index in [0.29, 0.717) is 30.8 Å². The van der Waals surface area contributed by atoms with Gasteiger partial charge in [-0.2, -0.15) is 5.10 Å². The predicted molar refractivity (Wildman–Crippen MR) is 133 cm³/mol. The second-order valence-electron chi connectivity index (χ2n) is 8.39. The zero-order valence-electron chi connectivity index (χ0n) is 19.4. The highest BCUT2D eigenvalue weighted by Crippen LogP contribution is 2.29. The van der Waals surface area contributed by atoms with E-state index in [4.69, 9.17) is 5.10 Å². The molecule has 1 N–H and O–H groups in total. The van der Waals surface area contributed by atoms with Gasteiger partial charge in [-0.1, -0.05) is 37.3 Å². The van der Waals surface area contributed by atoms with E-state index in [9.17, 15) is 14.4 Å². The number of nitrogens with one attached hydrogen (secondary N) is 1. The lowest BCUT2D eigenvalue weighted by molar-refractivity contribution is 0.104. The lowest BCUT2D eigenvalue weighted by atomic mass is 10.1. The van der Waals surface area contributed by atoms with Gasteiger partial charge in [0.2, 0.25) is 5.78 Å². The normalized spacial score (nSPS) is 13.8. The molecule has 35 heavy (non-hydrogen) atoms. The van der Waals surface area contributed by atoms with Gasteiger partial charge in [0.15, 0.2) is 0 Å². The highest BCUT2D eigenvalue weighted by molar-refractivity contribution is 6.20. The molecule has 0 unspecified atom stereocenters. The van der Waals surface area contributed by atoms with Crippen molar-refractivity contribution in [1.29, 1.82) is 0 Å². The SMILES string of the molecule is CCCn1c2c(c(=O)n(C)c1=O)C(=O)/C(=C/c1cn(Cc3ccccc3)nc1-c1cccnc1)N2. The third-order valence-electron chi connectivity index (χ3n) is 5.93. The Morgan fingerprint density at radius 2 is 1.86 bits per heavy atom. The molecule has 0 atom stereocenters. The first-order valence-corrected chi connectivity index (χ1v) is 11.4. The molecular weight excluding hydrogens is 444 g/mol. The van der Waals surface area contributed by atoms with Gasteiger partial charge in [-0.15, -0.1) is 0 Å². The molecule has 1 aliphatic rings. The Bertz CT molecular complexity index is 1560. The van der Waals surface area contributed by atoms with Crippen molar-refractivity contribution in [3.05, 3.63) is 104 Å². The molecule has 9 nitrogen and oxygen atoms in total. The number of Topliss-reactive ketones (excluding diaryl/α,β-unsaturated/α-hetero) is 1.